The molecule has 3 nitrogen and oxygen atoms in total. The lowest BCUT2D eigenvalue weighted by atomic mass is 10.2. The van der Waals surface area contributed by atoms with Gasteiger partial charge in [-0.1, -0.05) is 0 Å². The molecule has 0 unspecified atom stereocenters. The number of rotatable bonds is 2. The van der Waals surface area contributed by atoms with Crippen molar-refractivity contribution in [3.8, 4) is 11.5 Å². The lowest BCUT2D eigenvalue weighted by Gasteiger charge is -2.05. The summed E-state index contributed by atoms with van der Waals surface area (Å²) in [5, 5.41) is 2.09. The van der Waals surface area contributed by atoms with E-state index in [1.807, 2.05) is 42.5 Å². The molecule has 1 aromatic heterocycles. The fraction of sp³-hybridized carbons (Fsp3) is 0. The van der Waals surface area contributed by atoms with E-state index in [1.165, 1.54) is 0 Å². The number of nitrogens with two attached hydrogens (primary N) is 1. The maximum Gasteiger partial charge on any atom is 0.128 e. The van der Waals surface area contributed by atoms with Gasteiger partial charge in [0.25, 0.3) is 0 Å². The van der Waals surface area contributed by atoms with Crippen LogP contribution < -0.4 is 10.5 Å². The molecule has 0 radical (unpaired) electrons. The summed E-state index contributed by atoms with van der Waals surface area (Å²) in [6, 6.07) is 13.1. The Morgan fingerprint density at radius 3 is 2.35 bits per heavy atom. The minimum absolute atomic E-state index is 0.725. The molecule has 0 amide bonds. The zero-order valence-corrected chi connectivity index (χ0v) is 9.09. The second-order valence-electron chi connectivity index (χ2n) is 3.83. The van der Waals surface area contributed by atoms with E-state index in [0.29, 0.717) is 0 Å². The number of nitrogen functional groups attached to an aromatic ring is 1. The molecular weight excluding hydrogens is 214 g/mol. The monoisotopic (exact) mass is 225 g/mol. The molecule has 0 aliphatic rings. The molecule has 17 heavy (non-hydrogen) atoms. The molecule has 2 aromatic carbocycles. The molecule has 2 N–H and O–H groups in total. The van der Waals surface area contributed by atoms with Crippen LogP contribution in [0.1, 0.15) is 0 Å². The summed E-state index contributed by atoms with van der Waals surface area (Å²) in [4.78, 5) is 0. The van der Waals surface area contributed by atoms with Gasteiger partial charge in [-0.05, 0) is 42.5 Å². The number of hydrogen-bond donors (Lipinski definition) is 1. The van der Waals surface area contributed by atoms with Crippen molar-refractivity contribution in [3.05, 3.63) is 55.0 Å². The number of anilines is 1. The van der Waals surface area contributed by atoms with Gasteiger partial charge in [0.2, 0.25) is 0 Å². The van der Waals surface area contributed by atoms with E-state index in [1.54, 1.807) is 12.5 Å². The van der Waals surface area contributed by atoms with Gasteiger partial charge in [-0.2, -0.15) is 0 Å². The average Bonchev–Trinajstić information content (AvgIpc) is 2.79. The molecule has 0 spiro atoms. The fourth-order valence-corrected chi connectivity index (χ4v) is 1.68. The predicted octanol–water partition coefficient (Wildman–Crippen LogP) is 3.81. The van der Waals surface area contributed by atoms with Crippen LogP contribution >= 0.6 is 0 Å². The second kappa shape index (κ2) is 3.87. The van der Waals surface area contributed by atoms with E-state index in [4.69, 9.17) is 14.9 Å². The average molecular weight is 225 g/mol. The molecule has 0 saturated heterocycles. The first-order chi connectivity index (χ1) is 8.31. The highest BCUT2D eigenvalue weighted by Crippen LogP contribution is 2.26. The summed E-state index contributed by atoms with van der Waals surface area (Å²) in [7, 11) is 0. The Morgan fingerprint density at radius 2 is 1.53 bits per heavy atom. The van der Waals surface area contributed by atoms with Gasteiger partial charge < -0.3 is 14.9 Å². The number of ether oxygens (including phenoxy) is 1. The first-order valence-corrected chi connectivity index (χ1v) is 5.31. The van der Waals surface area contributed by atoms with Crippen molar-refractivity contribution in [3.63, 3.8) is 0 Å². The smallest absolute Gasteiger partial charge is 0.128 e. The molecule has 0 bridgehead atoms. The van der Waals surface area contributed by atoms with Crippen LogP contribution in [0.3, 0.4) is 0 Å². The Labute approximate surface area is 98.4 Å². The molecule has 3 rings (SSSR count). The molecule has 1 heterocycles. The summed E-state index contributed by atoms with van der Waals surface area (Å²) < 4.78 is 10.8. The Kier molecular flexibility index (Phi) is 2.22. The van der Waals surface area contributed by atoms with Crippen molar-refractivity contribution in [1.82, 2.24) is 0 Å². The van der Waals surface area contributed by atoms with Crippen LogP contribution in [-0.4, -0.2) is 0 Å². The highest BCUT2D eigenvalue weighted by molar-refractivity contribution is 5.82. The van der Waals surface area contributed by atoms with E-state index < -0.39 is 0 Å². The lowest BCUT2D eigenvalue weighted by molar-refractivity contribution is 0.483. The van der Waals surface area contributed by atoms with Crippen LogP contribution in [0.5, 0.6) is 11.5 Å². The maximum absolute atomic E-state index is 5.71. The molecule has 3 heteroatoms. The van der Waals surface area contributed by atoms with Crippen LogP contribution in [0, 0.1) is 0 Å². The molecule has 0 aliphatic heterocycles. The molecule has 3 aromatic rings. The summed E-state index contributed by atoms with van der Waals surface area (Å²) in [5.41, 5.74) is 6.34. The van der Waals surface area contributed by atoms with Gasteiger partial charge in [-0.3, -0.25) is 0 Å². The van der Waals surface area contributed by atoms with Crippen molar-refractivity contribution in [2.75, 3.05) is 5.73 Å². The van der Waals surface area contributed by atoms with Crippen LogP contribution in [-0.2, 0) is 0 Å². The Hall–Kier alpha value is -2.42. The maximum atomic E-state index is 5.71. The Balaban J connectivity index is 1.91. The van der Waals surface area contributed by atoms with Gasteiger partial charge in [0, 0.05) is 16.5 Å². The highest BCUT2D eigenvalue weighted by Gasteiger charge is 2.00. The number of hydrogen-bond acceptors (Lipinski definition) is 3. The fourth-order valence-electron chi connectivity index (χ4n) is 1.68. The van der Waals surface area contributed by atoms with Crippen molar-refractivity contribution < 1.29 is 9.15 Å². The molecule has 0 atom stereocenters. The van der Waals surface area contributed by atoms with Crippen molar-refractivity contribution in [1.29, 1.82) is 0 Å². The van der Waals surface area contributed by atoms with Crippen molar-refractivity contribution in [2.45, 2.75) is 0 Å². The third kappa shape index (κ3) is 1.95. The van der Waals surface area contributed by atoms with Gasteiger partial charge in [0.15, 0.2) is 0 Å². The third-order valence-electron chi connectivity index (χ3n) is 2.56. The minimum atomic E-state index is 0.725. The van der Waals surface area contributed by atoms with Crippen molar-refractivity contribution >= 4 is 16.5 Å². The highest BCUT2D eigenvalue weighted by atomic mass is 16.5. The quantitative estimate of drug-likeness (QED) is 0.674. The molecule has 0 aliphatic carbocycles. The minimum Gasteiger partial charge on any atom is -0.471 e. The summed E-state index contributed by atoms with van der Waals surface area (Å²) in [6.45, 7) is 0. The van der Waals surface area contributed by atoms with Crippen LogP contribution in [0.15, 0.2) is 59.4 Å². The zero-order valence-electron chi connectivity index (χ0n) is 9.09. The normalized spacial score (nSPS) is 10.6. The summed E-state index contributed by atoms with van der Waals surface area (Å²) in [6.07, 6.45) is 3.41. The van der Waals surface area contributed by atoms with E-state index >= 15 is 0 Å². The second-order valence-corrected chi connectivity index (χ2v) is 3.83. The summed E-state index contributed by atoms with van der Waals surface area (Å²) in [5.74, 6) is 1.55. The number of benzene rings is 2. The standard InChI is InChI=1S/C14H11NO2/c15-12-2-5-13(6-3-12)17-14-4-1-10-8-16-9-11(10)7-14/h1-9H,15H2. The predicted molar refractivity (Wildman–Crippen MR) is 67.1 cm³/mol. The largest absolute Gasteiger partial charge is 0.471 e. The van der Waals surface area contributed by atoms with Gasteiger partial charge in [0.1, 0.15) is 11.5 Å². The molecule has 0 fully saturated rings. The van der Waals surface area contributed by atoms with Gasteiger partial charge in [-0.15, -0.1) is 0 Å². The van der Waals surface area contributed by atoms with Gasteiger partial charge >= 0.3 is 0 Å². The van der Waals surface area contributed by atoms with E-state index in [0.717, 1.165) is 28.0 Å². The van der Waals surface area contributed by atoms with Crippen LogP contribution in [0.2, 0.25) is 0 Å². The number of fused-ring (bicyclic) bond motifs is 1. The summed E-state index contributed by atoms with van der Waals surface area (Å²) >= 11 is 0. The first-order valence-electron chi connectivity index (χ1n) is 5.31. The van der Waals surface area contributed by atoms with E-state index in [2.05, 4.69) is 0 Å². The molecular formula is C14H11NO2. The zero-order chi connectivity index (χ0) is 11.7. The topological polar surface area (TPSA) is 48.4 Å². The van der Waals surface area contributed by atoms with E-state index in [-0.39, 0.29) is 0 Å². The van der Waals surface area contributed by atoms with E-state index in [9.17, 15) is 0 Å². The molecule has 0 saturated carbocycles. The van der Waals surface area contributed by atoms with Crippen LogP contribution in [0.4, 0.5) is 5.69 Å². The lowest BCUT2D eigenvalue weighted by Crippen LogP contribution is -1.86. The Morgan fingerprint density at radius 1 is 0.824 bits per heavy atom. The van der Waals surface area contributed by atoms with Gasteiger partial charge in [-0.25, -0.2) is 0 Å². The molecule has 84 valence electrons. The van der Waals surface area contributed by atoms with Crippen molar-refractivity contribution in [2.24, 2.45) is 0 Å². The Bertz CT molecular complexity index is 641. The number of furan rings is 1. The van der Waals surface area contributed by atoms with Gasteiger partial charge in [0.05, 0.1) is 12.5 Å². The SMILES string of the molecule is Nc1ccc(Oc2ccc3cocc3c2)cc1. The first kappa shape index (κ1) is 9.78. The van der Waals surface area contributed by atoms with Crippen LogP contribution in [0.25, 0.3) is 10.8 Å². The third-order valence-corrected chi connectivity index (χ3v) is 2.56.